The number of carbonyl (C=O) groups excluding carboxylic acids is 3. The monoisotopic (exact) mass is 466 g/mol. The number of benzene rings is 3. The van der Waals surface area contributed by atoms with E-state index in [4.69, 9.17) is 0 Å². The molecule has 3 aromatic carbocycles. The number of para-hydroxylation sites is 1. The molecule has 0 unspecified atom stereocenters. The predicted octanol–water partition coefficient (Wildman–Crippen LogP) is 3.45. The highest BCUT2D eigenvalue weighted by Crippen LogP contribution is 2.47. The number of imide groups is 1. The van der Waals surface area contributed by atoms with Gasteiger partial charge in [0.1, 0.15) is 12.1 Å². The second-order valence-corrected chi connectivity index (χ2v) is 9.31. The summed E-state index contributed by atoms with van der Waals surface area (Å²) in [7, 11) is 0. The largest absolute Gasteiger partial charge is 0.328 e. The van der Waals surface area contributed by atoms with Crippen LogP contribution in [0.15, 0.2) is 84.9 Å². The first-order valence-corrected chi connectivity index (χ1v) is 12.0. The van der Waals surface area contributed by atoms with E-state index in [2.05, 4.69) is 10.6 Å². The van der Waals surface area contributed by atoms with Crippen molar-refractivity contribution in [3.63, 3.8) is 0 Å². The van der Waals surface area contributed by atoms with Gasteiger partial charge >= 0.3 is 6.03 Å². The Morgan fingerprint density at radius 1 is 0.857 bits per heavy atom. The number of hydrogen-bond donors (Lipinski definition) is 2. The first-order chi connectivity index (χ1) is 17.1. The van der Waals surface area contributed by atoms with Crippen LogP contribution in [0.3, 0.4) is 0 Å². The molecular formula is C28H26N4O3. The van der Waals surface area contributed by atoms with Gasteiger partial charge in [0.15, 0.2) is 0 Å². The molecule has 2 aliphatic heterocycles. The molecule has 176 valence electrons. The zero-order valence-electron chi connectivity index (χ0n) is 19.1. The summed E-state index contributed by atoms with van der Waals surface area (Å²) < 4.78 is 0. The molecule has 2 heterocycles. The van der Waals surface area contributed by atoms with Crippen molar-refractivity contribution >= 4 is 23.5 Å². The molecule has 1 aliphatic carbocycles. The molecule has 2 N–H and O–H groups in total. The highest BCUT2D eigenvalue weighted by atomic mass is 16.2. The van der Waals surface area contributed by atoms with Crippen molar-refractivity contribution in [1.29, 1.82) is 0 Å². The van der Waals surface area contributed by atoms with E-state index in [0.29, 0.717) is 18.8 Å². The summed E-state index contributed by atoms with van der Waals surface area (Å²) in [5.41, 5.74) is 3.69. The van der Waals surface area contributed by atoms with Gasteiger partial charge < -0.3 is 10.6 Å². The smallest absolute Gasteiger partial charge is 0.324 e. The molecule has 6 rings (SSSR count). The molecule has 3 aromatic rings. The Morgan fingerprint density at radius 2 is 1.54 bits per heavy atom. The lowest BCUT2D eigenvalue weighted by molar-refractivity contribution is -0.130. The number of anilines is 1. The molecule has 7 nitrogen and oxygen atoms in total. The summed E-state index contributed by atoms with van der Waals surface area (Å²) in [6.45, 7) is 0.656. The highest BCUT2D eigenvalue weighted by molar-refractivity contribution is 6.09. The van der Waals surface area contributed by atoms with E-state index >= 15 is 0 Å². The lowest BCUT2D eigenvalue weighted by atomic mass is 10.0. The molecule has 0 spiro atoms. The van der Waals surface area contributed by atoms with Crippen molar-refractivity contribution in [2.45, 2.75) is 30.5 Å². The van der Waals surface area contributed by atoms with Crippen LogP contribution in [-0.2, 0) is 9.59 Å². The molecule has 3 fully saturated rings. The average Bonchev–Trinajstić information content (AvgIpc) is 3.65. The molecule has 0 bridgehead atoms. The summed E-state index contributed by atoms with van der Waals surface area (Å²) in [6.07, 6.45) is 0.761. The molecule has 35 heavy (non-hydrogen) atoms. The Hall–Kier alpha value is -3.97. The van der Waals surface area contributed by atoms with Crippen LogP contribution >= 0.6 is 0 Å². The van der Waals surface area contributed by atoms with Crippen LogP contribution in [0.5, 0.6) is 0 Å². The van der Waals surface area contributed by atoms with Gasteiger partial charge in [-0.05, 0) is 23.6 Å². The molecule has 7 heteroatoms. The molecule has 4 amide bonds. The number of nitrogens with one attached hydrogen (secondary N) is 2. The normalized spacial score (nSPS) is 25.4. The summed E-state index contributed by atoms with van der Waals surface area (Å²) >= 11 is 0. The maximum absolute atomic E-state index is 13.5. The van der Waals surface area contributed by atoms with Crippen LogP contribution in [0.1, 0.15) is 17.9 Å². The molecular weight excluding hydrogens is 440 g/mol. The van der Waals surface area contributed by atoms with Gasteiger partial charge in [-0.3, -0.25) is 19.4 Å². The van der Waals surface area contributed by atoms with Crippen molar-refractivity contribution in [3.05, 3.63) is 90.5 Å². The second-order valence-electron chi connectivity index (χ2n) is 9.31. The fraction of sp³-hybridized carbons (Fsp3) is 0.250. The number of nitrogens with zero attached hydrogens (tertiary/aromatic N) is 2. The first kappa shape index (κ1) is 21.6. The summed E-state index contributed by atoms with van der Waals surface area (Å²) in [5.74, 6) is -0.361. The zero-order chi connectivity index (χ0) is 23.9. The minimum absolute atomic E-state index is 0.148. The van der Waals surface area contributed by atoms with Crippen molar-refractivity contribution in [3.8, 4) is 11.1 Å². The van der Waals surface area contributed by atoms with Gasteiger partial charge in [-0.2, -0.15) is 0 Å². The third-order valence-corrected chi connectivity index (χ3v) is 7.18. The Labute approximate surface area is 203 Å². The molecule has 2 saturated heterocycles. The number of piperazine rings is 1. The predicted molar refractivity (Wildman–Crippen MR) is 133 cm³/mol. The van der Waals surface area contributed by atoms with Crippen molar-refractivity contribution < 1.29 is 14.4 Å². The summed E-state index contributed by atoms with van der Waals surface area (Å²) in [4.78, 5) is 43.1. The topological polar surface area (TPSA) is 81.8 Å². The quantitative estimate of drug-likeness (QED) is 0.565. The highest BCUT2D eigenvalue weighted by Gasteiger charge is 2.58. The molecule has 1 saturated carbocycles. The summed E-state index contributed by atoms with van der Waals surface area (Å²) in [5, 5.41) is 6.21. The lowest BCUT2D eigenvalue weighted by Gasteiger charge is -2.35. The maximum atomic E-state index is 13.5. The zero-order valence-corrected chi connectivity index (χ0v) is 19.1. The van der Waals surface area contributed by atoms with Gasteiger partial charge in [0.25, 0.3) is 5.91 Å². The van der Waals surface area contributed by atoms with Crippen molar-refractivity contribution in [2.75, 3.05) is 18.4 Å². The van der Waals surface area contributed by atoms with Gasteiger partial charge in [0, 0.05) is 36.3 Å². The van der Waals surface area contributed by atoms with Crippen LogP contribution in [0.4, 0.5) is 10.5 Å². The molecule has 3 aliphatic rings. The SMILES string of the molecule is O=C(Nc1ccccc1-c1ccccc1)[C@@H]1CNC[C@H]2C(=O)N([C@H]3C[C@@H]3c3ccccc3)C(=O)N12. The fourth-order valence-corrected chi connectivity index (χ4v) is 5.35. The Bertz CT molecular complexity index is 1280. The minimum Gasteiger partial charge on any atom is -0.324 e. The first-order valence-electron chi connectivity index (χ1n) is 12.0. The minimum atomic E-state index is -0.770. The van der Waals surface area contributed by atoms with Gasteiger partial charge in [0.05, 0.1) is 0 Å². The van der Waals surface area contributed by atoms with Crippen molar-refractivity contribution in [2.24, 2.45) is 0 Å². The van der Waals surface area contributed by atoms with Crippen LogP contribution in [0.2, 0.25) is 0 Å². The molecule has 4 atom stereocenters. The van der Waals surface area contributed by atoms with Gasteiger partial charge in [-0.25, -0.2) is 4.79 Å². The number of urea groups is 1. The van der Waals surface area contributed by atoms with E-state index in [0.717, 1.165) is 23.1 Å². The van der Waals surface area contributed by atoms with Crippen LogP contribution in [-0.4, -0.2) is 58.9 Å². The van der Waals surface area contributed by atoms with E-state index in [1.807, 2.05) is 84.9 Å². The third kappa shape index (κ3) is 3.78. The Kier molecular flexibility index (Phi) is 5.34. The van der Waals surface area contributed by atoms with Gasteiger partial charge in [-0.15, -0.1) is 0 Å². The lowest BCUT2D eigenvalue weighted by Crippen LogP contribution is -2.61. The van der Waals surface area contributed by atoms with E-state index in [9.17, 15) is 14.4 Å². The van der Waals surface area contributed by atoms with E-state index < -0.39 is 12.1 Å². The van der Waals surface area contributed by atoms with Crippen LogP contribution in [0, 0.1) is 0 Å². The van der Waals surface area contributed by atoms with Gasteiger partial charge in [-0.1, -0.05) is 78.9 Å². The number of hydrogen-bond acceptors (Lipinski definition) is 4. The third-order valence-electron chi connectivity index (χ3n) is 7.18. The molecule has 0 aromatic heterocycles. The van der Waals surface area contributed by atoms with E-state index in [-0.39, 0.29) is 29.8 Å². The maximum Gasteiger partial charge on any atom is 0.328 e. The Balaban J connectivity index is 1.23. The Morgan fingerprint density at radius 3 is 2.31 bits per heavy atom. The van der Waals surface area contributed by atoms with Crippen LogP contribution < -0.4 is 10.6 Å². The van der Waals surface area contributed by atoms with Crippen molar-refractivity contribution in [1.82, 2.24) is 15.1 Å². The van der Waals surface area contributed by atoms with E-state index in [1.54, 1.807) is 0 Å². The fourth-order valence-electron chi connectivity index (χ4n) is 5.35. The average molecular weight is 467 g/mol. The van der Waals surface area contributed by atoms with E-state index in [1.165, 1.54) is 9.80 Å². The van der Waals surface area contributed by atoms with Gasteiger partial charge in [0.2, 0.25) is 5.91 Å². The number of rotatable bonds is 5. The second kappa shape index (κ2) is 8.67. The standard InChI is InChI=1S/C28H26N4O3/c33-26(30-22-14-8-7-13-20(22)18-9-3-1-4-10-18)24-16-29-17-25-27(34)32(28(35)31(24)25)23-15-21(23)19-11-5-2-6-12-19/h1-14,21,23-25,29H,15-17H2,(H,30,33)/t21-,23+,24+,25+/m1/s1. The number of carbonyl (C=O) groups is 3. The summed E-state index contributed by atoms with van der Waals surface area (Å²) in [6, 6.07) is 25.5. The number of amides is 4. The molecule has 0 radical (unpaired) electrons. The van der Waals surface area contributed by atoms with Crippen LogP contribution in [0.25, 0.3) is 11.1 Å². The number of fused-ring (bicyclic) bond motifs is 1.